The Balaban J connectivity index is 2.52. The average molecular weight is 237 g/mol. The van der Waals surface area contributed by atoms with Gasteiger partial charge in [0.1, 0.15) is 0 Å². The van der Waals surface area contributed by atoms with E-state index >= 15 is 0 Å². The number of hydrogen-bond acceptors (Lipinski definition) is 5. The smallest absolute Gasteiger partial charge is 0.421 e. The first-order valence-corrected chi connectivity index (χ1v) is 6.06. The molecular weight excluding hydrogens is 222 g/mol. The molecule has 0 heterocycles. The fraction of sp³-hybridized carbons (Fsp3) is 0.857. The Morgan fingerprint density at radius 1 is 1.47 bits per heavy atom. The highest BCUT2D eigenvalue weighted by atomic mass is 32.2. The lowest BCUT2D eigenvalue weighted by Gasteiger charge is -2.16. The van der Waals surface area contributed by atoms with Crippen LogP contribution in [-0.4, -0.2) is 33.7 Å². The van der Waals surface area contributed by atoms with E-state index in [9.17, 15) is 13.2 Å². The minimum Gasteiger partial charge on any atom is -0.452 e. The van der Waals surface area contributed by atoms with Gasteiger partial charge in [0.25, 0.3) is 0 Å². The molecule has 0 saturated heterocycles. The van der Waals surface area contributed by atoms with Gasteiger partial charge in [-0.2, -0.15) is 13.1 Å². The number of nitrogens with two attached hydrogens (primary N) is 1. The van der Waals surface area contributed by atoms with E-state index in [4.69, 9.17) is 5.73 Å². The quantitative estimate of drug-likeness (QED) is 0.586. The Kier molecular flexibility index (Phi) is 3.89. The van der Waals surface area contributed by atoms with Gasteiger partial charge in [-0.1, -0.05) is 6.42 Å². The first-order valence-electron chi connectivity index (χ1n) is 4.58. The molecule has 4 N–H and O–H groups in total. The summed E-state index contributed by atoms with van der Waals surface area (Å²) in [5, 5.41) is 0. The Labute approximate surface area is 88.5 Å². The van der Waals surface area contributed by atoms with Crippen LogP contribution in [0.5, 0.6) is 0 Å². The van der Waals surface area contributed by atoms with Crippen molar-refractivity contribution >= 4 is 16.3 Å². The molecule has 1 fully saturated rings. The molecule has 0 aromatic rings. The SMILES string of the molecule is COC(=O)NS(=O)(=O)NC1CCCC1N. The van der Waals surface area contributed by atoms with Crippen LogP contribution in [0.3, 0.4) is 0 Å². The normalized spacial score (nSPS) is 26.3. The molecule has 15 heavy (non-hydrogen) atoms. The molecule has 0 aliphatic heterocycles. The van der Waals surface area contributed by atoms with E-state index in [0.29, 0.717) is 6.42 Å². The van der Waals surface area contributed by atoms with Crippen LogP contribution in [-0.2, 0) is 14.9 Å². The van der Waals surface area contributed by atoms with E-state index < -0.39 is 16.3 Å². The summed E-state index contributed by atoms with van der Waals surface area (Å²) in [6.45, 7) is 0. The number of nitrogens with one attached hydrogen (secondary N) is 2. The van der Waals surface area contributed by atoms with Gasteiger partial charge in [0.05, 0.1) is 7.11 Å². The zero-order chi connectivity index (χ0) is 11.5. The van der Waals surface area contributed by atoms with Crippen LogP contribution >= 0.6 is 0 Å². The average Bonchev–Trinajstić information content (AvgIpc) is 2.50. The zero-order valence-electron chi connectivity index (χ0n) is 8.39. The largest absolute Gasteiger partial charge is 0.452 e. The monoisotopic (exact) mass is 237 g/mol. The first kappa shape index (κ1) is 12.2. The third-order valence-electron chi connectivity index (χ3n) is 2.28. The fourth-order valence-corrected chi connectivity index (χ4v) is 2.57. The summed E-state index contributed by atoms with van der Waals surface area (Å²) in [6.07, 6.45) is 1.33. The van der Waals surface area contributed by atoms with Crippen LogP contribution in [0.15, 0.2) is 0 Å². The van der Waals surface area contributed by atoms with Gasteiger partial charge in [-0.25, -0.2) is 9.52 Å². The summed E-state index contributed by atoms with van der Waals surface area (Å²) in [5.74, 6) is 0. The first-order chi connectivity index (χ1) is 6.94. The maximum absolute atomic E-state index is 11.3. The van der Waals surface area contributed by atoms with Crippen molar-refractivity contribution < 1.29 is 17.9 Å². The summed E-state index contributed by atoms with van der Waals surface area (Å²) in [6, 6.07) is -0.508. The van der Waals surface area contributed by atoms with Crippen LogP contribution in [0.2, 0.25) is 0 Å². The number of ether oxygens (including phenoxy) is 1. The number of hydrogen-bond donors (Lipinski definition) is 3. The molecule has 1 saturated carbocycles. The van der Waals surface area contributed by atoms with Gasteiger partial charge < -0.3 is 10.5 Å². The van der Waals surface area contributed by atoms with Gasteiger partial charge in [0.2, 0.25) is 0 Å². The van der Waals surface area contributed by atoms with Gasteiger partial charge >= 0.3 is 16.3 Å². The number of rotatable bonds is 3. The van der Waals surface area contributed by atoms with Crippen molar-refractivity contribution in [3.8, 4) is 0 Å². The molecule has 8 heteroatoms. The summed E-state index contributed by atoms with van der Waals surface area (Å²) >= 11 is 0. The molecule has 0 aromatic heterocycles. The lowest BCUT2D eigenvalue weighted by Crippen LogP contribution is -2.49. The molecule has 2 atom stereocenters. The molecule has 1 amide bonds. The molecule has 0 radical (unpaired) electrons. The zero-order valence-corrected chi connectivity index (χ0v) is 9.21. The topological polar surface area (TPSA) is 111 Å². The van der Waals surface area contributed by atoms with Gasteiger partial charge in [-0.15, -0.1) is 0 Å². The molecule has 0 aromatic carbocycles. The van der Waals surface area contributed by atoms with Crippen molar-refractivity contribution in [2.75, 3.05) is 7.11 Å². The Bertz CT molecular complexity index is 329. The van der Waals surface area contributed by atoms with Crippen LogP contribution in [0.1, 0.15) is 19.3 Å². The van der Waals surface area contributed by atoms with E-state index in [2.05, 4.69) is 9.46 Å². The number of methoxy groups -OCH3 is 1. The molecule has 0 bridgehead atoms. The minimum absolute atomic E-state index is 0.195. The van der Waals surface area contributed by atoms with Crippen LogP contribution in [0.4, 0.5) is 4.79 Å². The third-order valence-corrected chi connectivity index (χ3v) is 3.33. The highest BCUT2D eigenvalue weighted by molar-refractivity contribution is 7.88. The summed E-state index contributed by atoms with van der Waals surface area (Å²) in [5.41, 5.74) is 5.68. The lowest BCUT2D eigenvalue weighted by molar-refractivity contribution is 0.177. The van der Waals surface area contributed by atoms with E-state index in [0.717, 1.165) is 20.0 Å². The van der Waals surface area contributed by atoms with Crippen molar-refractivity contribution in [1.29, 1.82) is 0 Å². The van der Waals surface area contributed by atoms with Crippen LogP contribution in [0.25, 0.3) is 0 Å². The van der Waals surface area contributed by atoms with Crippen molar-refractivity contribution in [2.24, 2.45) is 5.73 Å². The molecule has 1 aliphatic rings. The van der Waals surface area contributed by atoms with E-state index in [1.165, 1.54) is 0 Å². The van der Waals surface area contributed by atoms with Crippen molar-refractivity contribution in [3.05, 3.63) is 0 Å². The van der Waals surface area contributed by atoms with Gasteiger partial charge in [-0.05, 0) is 12.8 Å². The Morgan fingerprint density at radius 3 is 2.60 bits per heavy atom. The Hall–Kier alpha value is -0.860. The molecular formula is C7H15N3O4S. The lowest BCUT2D eigenvalue weighted by atomic mass is 10.2. The second-order valence-corrected chi connectivity index (χ2v) is 4.86. The van der Waals surface area contributed by atoms with Crippen molar-refractivity contribution in [3.63, 3.8) is 0 Å². The predicted octanol–water partition coefficient (Wildman–Crippen LogP) is -0.943. The second-order valence-electron chi connectivity index (χ2n) is 3.42. The highest BCUT2D eigenvalue weighted by Gasteiger charge is 2.28. The van der Waals surface area contributed by atoms with E-state index in [-0.39, 0.29) is 12.1 Å². The second kappa shape index (κ2) is 4.77. The standard InChI is InChI=1S/C7H15N3O4S/c1-14-7(11)10-15(12,13)9-6-4-2-3-5(6)8/h5-6,9H,2-4,8H2,1H3,(H,10,11). The van der Waals surface area contributed by atoms with Crippen molar-refractivity contribution in [2.45, 2.75) is 31.3 Å². The van der Waals surface area contributed by atoms with Gasteiger partial charge in [0, 0.05) is 12.1 Å². The third kappa shape index (κ3) is 3.65. The maximum atomic E-state index is 11.3. The fourth-order valence-electron chi connectivity index (χ4n) is 1.52. The van der Waals surface area contributed by atoms with E-state index in [1.807, 2.05) is 0 Å². The highest BCUT2D eigenvalue weighted by Crippen LogP contribution is 2.17. The van der Waals surface area contributed by atoms with Gasteiger partial charge in [0.15, 0.2) is 0 Å². The number of carbonyl (C=O) groups is 1. The maximum Gasteiger partial charge on any atom is 0.421 e. The van der Waals surface area contributed by atoms with Crippen LogP contribution < -0.4 is 15.2 Å². The predicted molar refractivity (Wildman–Crippen MR) is 53.2 cm³/mol. The van der Waals surface area contributed by atoms with Crippen LogP contribution in [0, 0.1) is 0 Å². The summed E-state index contributed by atoms with van der Waals surface area (Å²) < 4.78 is 30.8. The minimum atomic E-state index is -3.86. The van der Waals surface area contributed by atoms with Crippen molar-refractivity contribution in [1.82, 2.24) is 9.44 Å². The molecule has 2 unspecified atom stereocenters. The Morgan fingerprint density at radius 2 is 2.13 bits per heavy atom. The molecule has 1 aliphatic carbocycles. The number of amides is 1. The molecule has 1 rings (SSSR count). The van der Waals surface area contributed by atoms with Gasteiger partial charge in [-0.3, -0.25) is 0 Å². The van der Waals surface area contributed by atoms with E-state index in [1.54, 1.807) is 4.72 Å². The summed E-state index contributed by atoms with van der Waals surface area (Å²) in [4.78, 5) is 10.7. The molecule has 7 nitrogen and oxygen atoms in total. The summed E-state index contributed by atoms with van der Waals surface area (Å²) in [7, 11) is -2.77. The molecule has 0 spiro atoms. The number of carbonyl (C=O) groups excluding carboxylic acids is 1. The molecule has 88 valence electrons.